The van der Waals surface area contributed by atoms with E-state index in [4.69, 9.17) is 4.98 Å². The molecule has 6 heteroatoms. The van der Waals surface area contributed by atoms with Crippen LogP contribution in [0.15, 0.2) is 79.5 Å². The molecule has 3 heterocycles. The summed E-state index contributed by atoms with van der Waals surface area (Å²) in [6.45, 7) is 19.7. The molecule has 3 nitrogen and oxygen atoms in total. The van der Waals surface area contributed by atoms with Crippen LogP contribution < -0.4 is 4.90 Å². The molecule has 42 heavy (non-hydrogen) atoms. The van der Waals surface area contributed by atoms with Gasteiger partial charge in [0.15, 0.2) is 0 Å². The molecule has 2 aromatic carbocycles. The summed E-state index contributed by atoms with van der Waals surface area (Å²) in [4.78, 5) is 9.77. The number of halogens is 3. The third kappa shape index (κ3) is 5.86. The van der Waals surface area contributed by atoms with E-state index in [1.54, 1.807) is 0 Å². The minimum atomic E-state index is -4.36. The summed E-state index contributed by atoms with van der Waals surface area (Å²) in [6.07, 6.45) is 1.17. The molecule has 2 aliphatic rings. The number of alkyl halides is 3. The van der Waals surface area contributed by atoms with Crippen molar-refractivity contribution in [3.05, 3.63) is 107 Å². The first kappa shape index (κ1) is 29.9. The maximum absolute atomic E-state index is 13.5. The largest absolute Gasteiger partial charge is 0.416 e. The van der Waals surface area contributed by atoms with E-state index in [1.165, 1.54) is 28.8 Å². The smallest absolute Gasteiger partial charge is 0.366 e. The Morgan fingerprint density at radius 3 is 2.40 bits per heavy atom. The maximum Gasteiger partial charge on any atom is 0.416 e. The van der Waals surface area contributed by atoms with Crippen LogP contribution in [0.25, 0.3) is 11.1 Å². The Bertz CT molecular complexity index is 1470. The first-order valence-electron chi connectivity index (χ1n) is 15.0. The van der Waals surface area contributed by atoms with Crippen LogP contribution in [0.1, 0.15) is 80.8 Å². The lowest BCUT2D eigenvalue weighted by Gasteiger charge is -2.33. The van der Waals surface area contributed by atoms with Crippen LogP contribution in [-0.4, -0.2) is 29.0 Å². The van der Waals surface area contributed by atoms with Crippen LogP contribution >= 0.6 is 0 Å². The lowest BCUT2D eigenvalue weighted by atomic mass is 9.79. The van der Waals surface area contributed by atoms with Gasteiger partial charge >= 0.3 is 6.18 Å². The SMILES string of the molecule is C=CCC(C)(C)c1ccc(CC)c(-c2ccc(N3CCC3)nc2CN2C(=C)CC(c3cccc(C(F)(F)F)c3)C2C)c1. The number of benzene rings is 2. The van der Waals surface area contributed by atoms with Crippen LogP contribution in [0.2, 0.25) is 0 Å². The molecule has 3 aromatic rings. The number of likely N-dealkylation sites (tertiary alicyclic amines) is 1. The first-order valence-corrected chi connectivity index (χ1v) is 15.0. The molecular formula is C36H42F3N3. The summed E-state index contributed by atoms with van der Waals surface area (Å²) < 4.78 is 40.5. The third-order valence-corrected chi connectivity index (χ3v) is 9.25. The monoisotopic (exact) mass is 573 g/mol. The van der Waals surface area contributed by atoms with Crippen molar-refractivity contribution in [2.75, 3.05) is 18.0 Å². The van der Waals surface area contributed by atoms with E-state index in [2.05, 4.69) is 81.0 Å². The van der Waals surface area contributed by atoms with Crippen molar-refractivity contribution >= 4 is 5.82 Å². The number of rotatable bonds is 9. The molecule has 2 unspecified atom stereocenters. The van der Waals surface area contributed by atoms with E-state index in [-0.39, 0.29) is 17.4 Å². The Balaban J connectivity index is 1.54. The molecule has 222 valence electrons. The average Bonchev–Trinajstić information content (AvgIpc) is 3.20. The predicted octanol–water partition coefficient (Wildman–Crippen LogP) is 9.29. The van der Waals surface area contributed by atoms with Crippen LogP contribution in [0.5, 0.6) is 0 Å². The van der Waals surface area contributed by atoms with E-state index in [1.807, 2.05) is 12.1 Å². The molecule has 0 saturated carbocycles. The highest BCUT2D eigenvalue weighted by molar-refractivity contribution is 5.72. The van der Waals surface area contributed by atoms with Gasteiger partial charge in [0.05, 0.1) is 17.8 Å². The highest BCUT2D eigenvalue weighted by Gasteiger charge is 2.37. The minimum Gasteiger partial charge on any atom is -0.366 e. The predicted molar refractivity (Wildman–Crippen MR) is 167 cm³/mol. The summed E-state index contributed by atoms with van der Waals surface area (Å²) in [6, 6.07) is 16.9. The molecule has 0 aliphatic carbocycles. The number of aryl methyl sites for hydroxylation is 1. The van der Waals surface area contributed by atoms with Gasteiger partial charge in [-0.1, -0.05) is 69.8 Å². The van der Waals surface area contributed by atoms with E-state index < -0.39 is 11.7 Å². The highest BCUT2D eigenvalue weighted by atomic mass is 19.4. The lowest BCUT2D eigenvalue weighted by Crippen LogP contribution is -2.38. The minimum absolute atomic E-state index is 0.0215. The van der Waals surface area contributed by atoms with Gasteiger partial charge < -0.3 is 9.80 Å². The van der Waals surface area contributed by atoms with Crippen molar-refractivity contribution in [3.63, 3.8) is 0 Å². The Hall–Kier alpha value is -3.54. The molecule has 0 radical (unpaired) electrons. The summed E-state index contributed by atoms with van der Waals surface area (Å²) in [5.41, 5.74) is 6.78. The van der Waals surface area contributed by atoms with Crippen LogP contribution in [0.4, 0.5) is 19.0 Å². The summed E-state index contributed by atoms with van der Waals surface area (Å²) in [5.74, 6) is 0.907. The van der Waals surface area contributed by atoms with E-state index >= 15 is 0 Å². The van der Waals surface area contributed by atoms with Crippen molar-refractivity contribution < 1.29 is 13.2 Å². The molecule has 5 rings (SSSR count). The normalized spacial score (nSPS) is 19.3. The summed E-state index contributed by atoms with van der Waals surface area (Å²) in [5, 5.41) is 0. The second kappa shape index (κ2) is 11.6. The molecule has 0 spiro atoms. The van der Waals surface area contributed by atoms with Crippen molar-refractivity contribution in [3.8, 4) is 11.1 Å². The fraction of sp³-hybridized carbons (Fsp3) is 0.417. The Kier molecular flexibility index (Phi) is 8.28. The molecule has 1 aromatic heterocycles. The average molecular weight is 574 g/mol. The second-order valence-electron chi connectivity index (χ2n) is 12.5. The number of hydrogen-bond donors (Lipinski definition) is 0. The van der Waals surface area contributed by atoms with E-state index in [0.29, 0.717) is 18.5 Å². The first-order chi connectivity index (χ1) is 19.9. The zero-order valence-corrected chi connectivity index (χ0v) is 25.3. The zero-order valence-electron chi connectivity index (χ0n) is 25.3. The number of anilines is 1. The lowest BCUT2D eigenvalue weighted by molar-refractivity contribution is -0.137. The van der Waals surface area contributed by atoms with Gasteiger partial charge in [-0.15, -0.1) is 6.58 Å². The number of nitrogens with zero attached hydrogens (tertiary/aromatic N) is 3. The Morgan fingerprint density at radius 2 is 1.76 bits per heavy atom. The van der Waals surface area contributed by atoms with Gasteiger partial charge in [-0.2, -0.15) is 13.2 Å². The fourth-order valence-corrected chi connectivity index (χ4v) is 6.42. The molecular weight excluding hydrogens is 531 g/mol. The number of pyridine rings is 1. The van der Waals surface area contributed by atoms with Gasteiger partial charge in [0, 0.05) is 36.3 Å². The summed E-state index contributed by atoms with van der Waals surface area (Å²) in [7, 11) is 0. The van der Waals surface area contributed by atoms with Crippen LogP contribution in [0.3, 0.4) is 0 Å². The summed E-state index contributed by atoms with van der Waals surface area (Å²) >= 11 is 0. The molecule has 0 N–H and O–H groups in total. The van der Waals surface area contributed by atoms with Crippen molar-refractivity contribution in [2.24, 2.45) is 0 Å². The quantitative estimate of drug-likeness (QED) is 0.238. The topological polar surface area (TPSA) is 19.4 Å². The molecule has 0 amide bonds. The number of hydrogen-bond acceptors (Lipinski definition) is 3. The van der Waals surface area contributed by atoms with Crippen molar-refractivity contribution in [1.29, 1.82) is 0 Å². The van der Waals surface area contributed by atoms with Gasteiger partial charge in [-0.3, -0.25) is 0 Å². The van der Waals surface area contributed by atoms with E-state index in [0.717, 1.165) is 61.2 Å². The van der Waals surface area contributed by atoms with Gasteiger partial charge in [0.2, 0.25) is 0 Å². The molecule has 0 bridgehead atoms. The van der Waals surface area contributed by atoms with Gasteiger partial charge in [0.1, 0.15) is 5.82 Å². The Morgan fingerprint density at radius 1 is 1.00 bits per heavy atom. The van der Waals surface area contributed by atoms with E-state index in [9.17, 15) is 13.2 Å². The Labute approximate surface area is 248 Å². The maximum atomic E-state index is 13.5. The van der Waals surface area contributed by atoms with Crippen LogP contribution in [0, 0.1) is 0 Å². The fourth-order valence-electron chi connectivity index (χ4n) is 6.42. The third-order valence-electron chi connectivity index (χ3n) is 9.25. The number of allylic oxidation sites excluding steroid dienone is 2. The number of aromatic nitrogens is 1. The highest BCUT2D eigenvalue weighted by Crippen LogP contribution is 2.43. The second-order valence-corrected chi connectivity index (χ2v) is 12.5. The molecule has 2 aliphatic heterocycles. The molecule has 2 atom stereocenters. The van der Waals surface area contributed by atoms with Gasteiger partial charge in [-0.05, 0) is 78.5 Å². The van der Waals surface area contributed by atoms with Crippen LogP contribution in [-0.2, 0) is 24.6 Å². The van der Waals surface area contributed by atoms with Gasteiger partial charge in [-0.25, -0.2) is 4.98 Å². The standard InChI is InChI=1S/C36H42F3N3/c1-7-17-35(5,6)28-14-13-26(8-2)32(22-28)30-15-16-34(41-18-10-19-41)40-33(30)23-42-24(3)20-31(25(42)4)27-11-9-12-29(21-27)36(37,38)39/h7,9,11-16,21-22,25,31H,1,3,8,10,17-20,23H2,2,4-6H3. The van der Waals surface area contributed by atoms with Crippen molar-refractivity contribution in [1.82, 2.24) is 9.88 Å². The van der Waals surface area contributed by atoms with Crippen molar-refractivity contribution in [2.45, 2.75) is 83.5 Å². The zero-order chi connectivity index (χ0) is 30.2. The molecule has 2 fully saturated rings. The molecule has 2 saturated heterocycles. The van der Waals surface area contributed by atoms with Gasteiger partial charge in [0.25, 0.3) is 0 Å².